The second kappa shape index (κ2) is 7.91. The Bertz CT molecular complexity index is 642. The van der Waals surface area contributed by atoms with E-state index in [1.165, 1.54) is 50.4 Å². The van der Waals surface area contributed by atoms with E-state index in [0.29, 0.717) is 18.1 Å². The Kier molecular flexibility index (Phi) is 5.39. The topological polar surface area (TPSA) is 9.72 Å². The number of rotatable bonds is 5. The van der Waals surface area contributed by atoms with Crippen LogP contribution in [0, 0.1) is 0 Å². The van der Waals surface area contributed by atoms with Crippen LogP contribution in [-0.4, -0.2) is 66.1 Å². The molecule has 0 radical (unpaired) electrons. The summed E-state index contributed by atoms with van der Waals surface area (Å²) in [6, 6.07) is 23.7. The minimum Gasteiger partial charge on any atom is -0.298 e. The van der Waals surface area contributed by atoms with E-state index in [9.17, 15) is 0 Å². The van der Waals surface area contributed by atoms with Crippen LogP contribution in [0.3, 0.4) is 0 Å². The monoisotopic (exact) mass is 349 g/mol. The first kappa shape index (κ1) is 17.7. The molecule has 2 fully saturated rings. The van der Waals surface area contributed by atoms with Crippen LogP contribution in [0.1, 0.15) is 31.0 Å². The van der Waals surface area contributed by atoms with Crippen molar-refractivity contribution in [1.82, 2.24) is 14.7 Å². The highest BCUT2D eigenvalue weighted by Gasteiger charge is 2.38. The molecule has 2 heterocycles. The second-order valence-corrected chi connectivity index (χ2v) is 7.80. The largest absolute Gasteiger partial charge is 0.298 e. The van der Waals surface area contributed by atoms with E-state index in [1.807, 2.05) is 0 Å². The van der Waals surface area contributed by atoms with Crippen LogP contribution in [-0.2, 0) is 0 Å². The van der Waals surface area contributed by atoms with E-state index in [1.54, 1.807) is 0 Å². The Morgan fingerprint density at radius 2 is 1.42 bits per heavy atom. The molecular weight excluding hydrogens is 318 g/mol. The van der Waals surface area contributed by atoms with Crippen molar-refractivity contribution in [2.24, 2.45) is 0 Å². The van der Waals surface area contributed by atoms with Gasteiger partial charge in [0.25, 0.3) is 0 Å². The molecule has 0 spiro atoms. The summed E-state index contributed by atoms with van der Waals surface area (Å²) in [5.74, 6) is 0. The lowest BCUT2D eigenvalue weighted by molar-refractivity contribution is -0.0232. The Hall–Kier alpha value is -1.68. The smallest absolute Gasteiger partial charge is 0.0602 e. The first-order valence-electron chi connectivity index (χ1n) is 10.1. The van der Waals surface area contributed by atoms with Gasteiger partial charge in [0.05, 0.1) is 6.04 Å². The third-order valence-corrected chi connectivity index (χ3v) is 6.21. The number of hydrogen-bond donors (Lipinski definition) is 0. The lowest BCUT2D eigenvalue weighted by Crippen LogP contribution is -2.65. The number of benzene rings is 2. The average molecular weight is 350 g/mol. The maximum Gasteiger partial charge on any atom is 0.0602 e. The van der Waals surface area contributed by atoms with Crippen LogP contribution in [0.5, 0.6) is 0 Å². The molecule has 3 heteroatoms. The summed E-state index contributed by atoms with van der Waals surface area (Å²) in [4.78, 5) is 7.97. The molecule has 4 rings (SSSR count). The van der Waals surface area contributed by atoms with E-state index < -0.39 is 0 Å². The standard InChI is InChI=1S/C23H31N3/c1-3-24-14-15-25(16-19(24)2)22-17-26(18-22)23(20-10-6-4-7-11-20)21-12-8-5-9-13-21/h4-13,19,22-23H,3,14-18H2,1-2H3/t19-/m1/s1. The van der Waals surface area contributed by atoms with Gasteiger partial charge >= 0.3 is 0 Å². The van der Waals surface area contributed by atoms with E-state index >= 15 is 0 Å². The van der Waals surface area contributed by atoms with E-state index in [4.69, 9.17) is 0 Å². The molecule has 2 saturated heterocycles. The summed E-state index contributed by atoms with van der Waals surface area (Å²) in [5.41, 5.74) is 2.81. The molecule has 0 aliphatic carbocycles. The van der Waals surface area contributed by atoms with Crippen molar-refractivity contribution in [3.8, 4) is 0 Å². The first-order chi connectivity index (χ1) is 12.8. The molecule has 1 atom stereocenters. The molecule has 0 amide bonds. The van der Waals surface area contributed by atoms with E-state index in [0.717, 1.165) is 0 Å². The highest BCUT2D eigenvalue weighted by atomic mass is 15.4. The summed E-state index contributed by atoms with van der Waals surface area (Å²) in [5, 5.41) is 0. The summed E-state index contributed by atoms with van der Waals surface area (Å²) >= 11 is 0. The van der Waals surface area contributed by atoms with Crippen LogP contribution in [0.4, 0.5) is 0 Å². The first-order valence-corrected chi connectivity index (χ1v) is 10.1. The molecule has 0 saturated carbocycles. The molecule has 0 aromatic heterocycles. The summed E-state index contributed by atoms with van der Waals surface area (Å²) in [6.07, 6.45) is 0. The highest BCUT2D eigenvalue weighted by Crippen LogP contribution is 2.34. The lowest BCUT2D eigenvalue weighted by atomic mass is 9.92. The molecule has 2 aromatic rings. The molecule has 138 valence electrons. The van der Waals surface area contributed by atoms with Gasteiger partial charge in [0.15, 0.2) is 0 Å². The fourth-order valence-corrected chi connectivity index (χ4v) is 4.64. The van der Waals surface area contributed by atoms with E-state index in [2.05, 4.69) is 89.2 Å². The summed E-state index contributed by atoms with van der Waals surface area (Å²) < 4.78 is 0. The normalized spacial score (nSPS) is 23.3. The maximum atomic E-state index is 2.72. The van der Waals surface area contributed by atoms with Crippen molar-refractivity contribution >= 4 is 0 Å². The maximum absolute atomic E-state index is 2.72. The molecule has 0 unspecified atom stereocenters. The number of likely N-dealkylation sites (N-methyl/N-ethyl adjacent to an activating group) is 1. The molecule has 2 aliphatic heterocycles. The van der Waals surface area contributed by atoms with Gasteiger partial charge in [0.2, 0.25) is 0 Å². The SMILES string of the molecule is CCN1CCN(C2CN(C(c3ccccc3)c3ccccc3)C2)C[C@H]1C. The lowest BCUT2D eigenvalue weighted by Gasteiger charge is -2.52. The van der Waals surface area contributed by atoms with Gasteiger partial charge in [-0.25, -0.2) is 0 Å². The van der Waals surface area contributed by atoms with Crippen LogP contribution >= 0.6 is 0 Å². The van der Waals surface area contributed by atoms with Gasteiger partial charge in [-0.05, 0) is 24.6 Å². The number of nitrogens with zero attached hydrogens (tertiary/aromatic N) is 3. The van der Waals surface area contributed by atoms with Crippen molar-refractivity contribution in [2.75, 3.05) is 39.3 Å². The van der Waals surface area contributed by atoms with Crippen molar-refractivity contribution in [3.05, 3.63) is 71.8 Å². The predicted molar refractivity (Wildman–Crippen MR) is 108 cm³/mol. The zero-order chi connectivity index (χ0) is 17.9. The van der Waals surface area contributed by atoms with Crippen molar-refractivity contribution in [2.45, 2.75) is 32.0 Å². The summed E-state index contributed by atoms with van der Waals surface area (Å²) in [7, 11) is 0. The minimum atomic E-state index is 0.378. The van der Waals surface area contributed by atoms with Gasteiger partial charge in [0.1, 0.15) is 0 Å². The molecule has 0 N–H and O–H groups in total. The Balaban J connectivity index is 1.45. The number of hydrogen-bond acceptors (Lipinski definition) is 3. The fourth-order valence-electron chi connectivity index (χ4n) is 4.64. The van der Waals surface area contributed by atoms with Gasteiger partial charge in [-0.1, -0.05) is 67.6 Å². The molecule has 2 aliphatic rings. The predicted octanol–water partition coefficient (Wildman–Crippen LogP) is 3.49. The van der Waals surface area contributed by atoms with Gasteiger partial charge < -0.3 is 0 Å². The van der Waals surface area contributed by atoms with Crippen molar-refractivity contribution in [3.63, 3.8) is 0 Å². The number of piperazine rings is 1. The molecular formula is C23H31N3. The van der Waals surface area contributed by atoms with Gasteiger partial charge in [-0.2, -0.15) is 0 Å². The van der Waals surface area contributed by atoms with Crippen LogP contribution in [0.25, 0.3) is 0 Å². The number of likely N-dealkylation sites (tertiary alicyclic amines) is 1. The Morgan fingerprint density at radius 1 is 0.846 bits per heavy atom. The van der Waals surface area contributed by atoms with Crippen LogP contribution < -0.4 is 0 Å². The average Bonchev–Trinajstić information content (AvgIpc) is 2.65. The highest BCUT2D eigenvalue weighted by molar-refractivity contribution is 5.32. The Morgan fingerprint density at radius 3 is 1.92 bits per heavy atom. The van der Waals surface area contributed by atoms with Crippen molar-refractivity contribution in [1.29, 1.82) is 0 Å². The van der Waals surface area contributed by atoms with Crippen LogP contribution in [0.15, 0.2) is 60.7 Å². The molecule has 26 heavy (non-hydrogen) atoms. The van der Waals surface area contributed by atoms with E-state index in [-0.39, 0.29) is 0 Å². The minimum absolute atomic E-state index is 0.378. The van der Waals surface area contributed by atoms with Gasteiger partial charge in [-0.3, -0.25) is 14.7 Å². The third kappa shape index (κ3) is 3.57. The zero-order valence-electron chi connectivity index (χ0n) is 16.1. The van der Waals surface area contributed by atoms with Crippen LogP contribution in [0.2, 0.25) is 0 Å². The summed E-state index contributed by atoms with van der Waals surface area (Å²) in [6.45, 7) is 11.8. The second-order valence-electron chi connectivity index (χ2n) is 7.80. The zero-order valence-corrected chi connectivity index (χ0v) is 16.1. The van der Waals surface area contributed by atoms with Crippen molar-refractivity contribution < 1.29 is 0 Å². The van der Waals surface area contributed by atoms with Gasteiger partial charge in [0, 0.05) is 44.8 Å². The third-order valence-electron chi connectivity index (χ3n) is 6.21. The van der Waals surface area contributed by atoms with Gasteiger partial charge in [-0.15, -0.1) is 0 Å². The quantitative estimate of drug-likeness (QED) is 0.818. The molecule has 3 nitrogen and oxygen atoms in total. The Labute approximate surface area is 158 Å². The molecule has 0 bridgehead atoms. The fraction of sp³-hybridized carbons (Fsp3) is 0.478. The molecule has 2 aromatic carbocycles.